The van der Waals surface area contributed by atoms with Gasteiger partial charge in [-0.15, -0.1) is 0 Å². The molecule has 3 aromatic rings. The van der Waals surface area contributed by atoms with Crippen molar-refractivity contribution in [3.8, 4) is 5.75 Å². The van der Waals surface area contributed by atoms with E-state index in [9.17, 15) is 4.79 Å². The summed E-state index contributed by atoms with van der Waals surface area (Å²) in [5.41, 5.74) is 3.33. The van der Waals surface area contributed by atoms with E-state index in [1.54, 1.807) is 37.7 Å². The van der Waals surface area contributed by atoms with E-state index in [-0.39, 0.29) is 5.91 Å². The molecule has 0 bridgehead atoms. The summed E-state index contributed by atoms with van der Waals surface area (Å²) in [7, 11) is 0. The molecule has 0 fully saturated rings. The molecular formula is C19H17N3O2. The van der Waals surface area contributed by atoms with Gasteiger partial charge in [-0.25, -0.2) is 5.43 Å². The van der Waals surface area contributed by atoms with Crippen LogP contribution in [0.4, 0.5) is 0 Å². The molecule has 1 atom stereocenters. The first kappa shape index (κ1) is 15.7. The number of carbonyl (C=O) groups excluding carboxylic acids is 1. The fourth-order valence-electron chi connectivity index (χ4n) is 2.21. The quantitative estimate of drug-likeness (QED) is 0.580. The molecule has 2 aromatic carbocycles. The molecule has 1 aromatic heterocycles. The van der Waals surface area contributed by atoms with Crippen LogP contribution in [0.15, 0.2) is 72.1 Å². The highest BCUT2D eigenvalue weighted by Gasteiger charge is 2.14. The monoisotopic (exact) mass is 319 g/mol. The summed E-state index contributed by atoms with van der Waals surface area (Å²) in [5, 5.41) is 6.12. The molecule has 0 aliphatic rings. The maximum atomic E-state index is 12.0. The minimum Gasteiger partial charge on any atom is -0.481 e. The van der Waals surface area contributed by atoms with Crippen LogP contribution >= 0.6 is 0 Å². The molecule has 5 nitrogen and oxygen atoms in total. The van der Waals surface area contributed by atoms with Gasteiger partial charge in [-0.3, -0.25) is 9.78 Å². The highest BCUT2D eigenvalue weighted by atomic mass is 16.5. The summed E-state index contributed by atoms with van der Waals surface area (Å²) in [4.78, 5) is 16.0. The van der Waals surface area contributed by atoms with E-state index in [0.29, 0.717) is 5.75 Å². The number of hydrogen-bond donors (Lipinski definition) is 1. The van der Waals surface area contributed by atoms with E-state index in [2.05, 4.69) is 15.5 Å². The Morgan fingerprint density at radius 3 is 2.67 bits per heavy atom. The molecule has 1 heterocycles. The van der Waals surface area contributed by atoms with Gasteiger partial charge < -0.3 is 4.74 Å². The maximum Gasteiger partial charge on any atom is 0.280 e. The van der Waals surface area contributed by atoms with Crippen LogP contribution < -0.4 is 10.2 Å². The average Bonchev–Trinajstić information content (AvgIpc) is 2.62. The molecule has 0 spiro atoms. The topological polar surface area (TPSA) is 63.6 Å². The number of hydrogen-bond acceptors (Lipinski definition) is 4. The standard InChI is InChI=1S/C19H17N3O2/c1-14(19(23)22-21-13-15-8-10-20-11-9-15)24-18-7-6-16-4-2-3-5-17(16)12-18/h2-14H,1H3,(H,22,23). The van der Waals surface area contributed by atoms with Gasteiger partial charge >= 0.3 is 0 Å². The number of amides is 1. The smallest absolute Gasteiger partial charge is 0.280 e. The number of ether oxygens (including phenoxy) is 1. The van der Waals surface area contributed by atoms with Crippen molar-refractivity contribution in [1.29, 1.82) is 0 Å². The number of benzene rings is 2. The van der Waals surface area contributed by atoms with E-state index in [4.69, 9.17) is 4.74 Å². The Bertz CT molecular complexity index is 863. The van der Waals surface area contributed by atoms with Crippen molar-refractivity contribution in [2.75, 3.05) is 0 Å². The zero-order valence-electron chi connectivity index (χ0n) is 13.2. The molecule has 24 heavy (non-hydrogen) atoms. The molecule has 0 aliphatic carbocycles. The molecule has 5 heteroatoms. The number of rotatable bonds is 5. The number of pyridine rings is 1. The summed E-state index contributed by atoms with van der Waals surface area (Å²) < 4.78 is 5.69. The Hall–Kier alpha value is -3.21. The normalized spacial score (nSPS) is 12.2. The number of nitrogens with one attached hydrogen (secondary N) is 1. The molecule has 1 amide bonds. The summed E-state index contributed by atoms with van der Waals surface area (Å²) in [6.07, 6.45) is 4.23. The molecule has 1 N–H and O–H groups in total. The second kappa shape index (κ2) is 7.37. The third-order valence-electron chi connectivity index (χ3n) is 3.50. The first-order valence-electron chi connectivity index (χ1n) is 7.61. The Morgan fingerprint density at radius 1 is 1.12 bits per heavy atom. The van der Waals surface area contributed by atoms with Crippen molar-refractivity contribution >= 4 is 22.9 Å². The van der Waals surface area contributed by atoms with Gasteiger partial charge in [0.05, 0.1) is 6.21 Å². The van der Waals surface area contributed by atoms with Crippen LogP contribution in [-0.2, 0) is 4.79 Å². The molecule has 3 rings (SSSR count). The van der Waals surface area contributed by atoms with Crippen LogP contribution in [0, 0.1) is 0 Å². The SMILES string of the molecule is CC(Oc1ccc2ccccc2c1)C(=O)NN=Cc1ccncc1. The van der Waals surface area contributed by atoms with Gasteiger partial charge in [0.1, 0.15) is 5.75 Å². The van der Waals surface area contributed by atoms with Gasteiger partial charge in [0.25, 0.3) is 5.91 Å². The van der Waals surface area contributed by atoms with Gasteiger partial charge in [-0.05, 0) is 47.5 Å². The highest BCUT2D eigenvalue weighted by molar-refractivity contribution is 5.85. The largest absolute Gasteiger partial charge is 0.481 e. The van der Waals surface area contributed by atoms with Crippen molar-refractivity contribution < 1.29 is 9.53 Å². The van der Waals surface area contributed by atoms with Gasteiger partial charge in [-0.1, -0.05) is 30.3 Å². The Balaban J connectivity index is 1.59. The zero-order valence-corrected chi connectivity index (χ0v) is 13.2. The second-order valence-electron chi connectivity index (χ2n) is 5.28. The van der Waals surface area contributed by atoms with E-state index in [0.717, 1.165) is 16.3 Å². The van der Waals surface area contributed by atoms with Gasteiger partial charge in [-0.2, -0.15) is 5.10 Å². The van der Waals surface area contributed by atoms with Crippen LogP contribution in [0.5, 0.6) is 5.75 Å². The van der Waals surface area contributed by atoms with Gasteiger partial charge in [0.15, 0.2) is 6.10 Å². The van der Waals surface area contributed by atoms with Crippen LogP contribution in [0.3, 0.4) is 0 Å². The number of fused-ring (bicyclic) bond motifs is 1. The third kappa shape index (κ3) is 3.95. The Kier molecular flexibility index (Phi) is 4.81. The Labute approximate surface area is 140 Å². The fraction of sp³-hybridized carbons (Fsp3) is 0.105. The van der Waals surface area contributed by atoms with Crippen molar-refractivity contribution in [2.45, 2.75) is 13.0 Å². The lowest BCUT2D eigenvalue weighted by molar-refractivity contribution is -0.127. The minimum atomic E-state index is -0.652. The van der Waals surface area contributed by atoms with E-state index >= 15 is 0 Å². The van der Waals surface area contributed by atoms with Crippen LogP contribution in [0.2, 0.25) is 0 Å². The van der Waals surface area contributed by atoms with Gasteiger partial charge in [0.2, 0.25) is 0 Å². The van der Waals surface area contributed by atoms with E-state index in [1.165, 1.54) is 0 Å². The maximum absolute atomic E-state index is 12.0. The lowest BCUT2D eigenvalue weighted by Gasteiger charge is -2.13. The second-order valence-corrected chi connectivity index (χ2v) is 5.28. The number of aromatic nitrogens is 1. The molecule has 0 radical (unpaired) electrons. The summed E-state index contributed by atoms with van der Waals surface area (Å²) in [6.45, 7) is 1.69. The number of hydrazone groups is 1. The molecule has 0 saturated heterocycles. The van der Waals surface area contributed by atoms with Crippen molar-refractivity contribution in [3.63, 3.8) is 0 Å². The van der Waals surface area contributed by atoms with Crippen molar-refractivity contribution in [1.82, 2.24) is 10.4 Å². The predicted molar refractivity (Wildman–Crippen MR) is 94.0 cm³/mol. The number of carbonyl (C=O) groups is 1. The van der Waals surface area contributed by atoms with Crippen LogP contribution in [0.1, 0.15) is 12.5 Å². The third-order valence-corrected chi connectivity index (χ3v) is 3.50. The zero-order chi connectivity index (χ0) is 16.8. The van der Waals surface area contributed by atoms with Crippen molar-refractivity contribution in [3.05, 3.63) is 72.6 Å². The minimum absolute atomic E-state index is 0.312. The lowest BCUT2D eigenvalue weighted by atomic mass is 10.1. The first-order chi connectivity index (χ1) is 11.7. The van der Waals surface area contributed by atoms with Gasteiger partial charge in [0, 0.05) is 12.4 Å². The predicted octanol–water partition coefficient (Wildman–Crippen LogP) is 3.15. The first-order valence-corrected chi connectivity index (χ1v) is 7.61. The summed E-state index contributed by atoms with van der Waals surface area (Å²) in [6, 6.07) is 17.3. The molecule has 0 aliphatic heterocycles. The lowest BCUT2D eigenvalue weighted by Crippen LogP contribution is -2.33. The summed E-state index contributed by atoms with van der Waals surface area (Å²) >= 11 is 0. The van der Waals surface area contributed by atoms with Crippen LogP contribution in [-0.4, -0.2) is 23.2 Å². The number of nitrogens with zero attached hydrogens (tertiary/aromatic N) is 2. The summed E-state index contributed by atoms with van der Waals surface area (Å²) in [5.74, 6) is 0.336. The van der Waals surface area contributed by atoms with Crippen molar-refractivity contribution in [2.24, 2.45) is 5.10 Å². The molecule has 1 unspecified atom stereocenters. The molecule has 120 valence electrons. The fourth-order valence-corrected chi connectivity index (χ4v) is 2.21. The van der Waals surface area contributed by atoms with Crippen LogP contribution in [0.25, 0.3) is 10.8 Å². The molecule has 0 saturated carbocycles. The van der Waals surface area contributed by atoms with E-state index in [1.807, 2.05) is 42.5 Å². The molecular weight excluding hydrogens is 302 g/mol. The highest BCUT2D eigenvalue weighted by Crippen LogP contribution is 2.21. The Morgan fingerprint density at radius 2 is 1.88 bits per heavy atom. The van der Waals surface area contributed by atoms with E-state index < -0.39 is 6.10 Å². The average molecular weight is 319 g/mol.